The third-order valence-corrected chi connectivity index (χ3v) is 6.49. The molecule has 29 heavy (non-hydrogen) atoms. The summed E-state index contributed by atoms with van der Waals surface area (Å²) in [5, 5.41) is 0.832. The number of benzene rings is 2. The van der Waals surface area contributed by atoms with Gasteiger partial charge in [-0.3, -0.25) is 9.52 Å². The number of carbonyl (C=O) groups excluding carboxylic acids is 1. The van der Waals surface area contributed by atoms with Crippen LogP contribution in [0, 0.1) is 0 Å². The van der Waals surface area contributed by atoms with E-state index in [0.29, 0.717) is 10.8 Å². The minimum atomic E-state index is -1.86. The van der Waals surface area contributed by atoms with Gasteiger partial charge in [-0.05, 0) is 43.2 Å². The summed E-state index contributed by atoms with van der Waals surface area (Å²) in [5.41, 5.74) is 1.75. The van der Waals surface area contributed by atoms with E-state index in [1.165, 1.54) is 13.2 Å². The first-order valence-corrected chi connectivity index (χ1v) is 10.8. The Morgan fingerprint density at radius 3 is 2.66 bits per heavy atom. The van der Waals surface area contributed by atoms with Gasteiger partial charge in [0.05, 0.1) is 33.4 Å². The highest BCUT2D eigenvalue weighted by atomic mass is 35.5. The molecule has 1 aromatic heterocycles. The molecule has 0 radical (unpaired) electrons. The third kappa shape index (κ3) is 4.03. The predicted octanol–water partition coefficient (Wildman–Crippen LogP) is 4.52. The minimum Gasteiger partial charge on any atom is -0.497 e. The molecule has 0 spiro atoms. The SMILES string of the molecule is COc1ccc(Cl)c(S(=O)NC(=O)c2ncn(-c3ccccc3Cl)c2C2CC2)c1. The lowest BCUT2D eigenvalue weighted by Gasteiger charge is -2.11. The average molecular weight is 450 g/mol. The Morgan fingerprint density at radius 1 is 1.21 bits per heavy atom. The Morgan fingerprint density at radius 2 is 1.97 bits per heavy atom. The highest BCUT2D eigenvalue weighted by Gasteiger charge is 2.34. The molecule has 1 aliphatic carbocycles. The molecule has 1 amide bonds. The van der Waals surface area contributed by atoms with E-state index in [1.54, 1.807) is 24.5 Å². The zero-order valence-corrected chi connectivity index (χ0v) is 17.7. The largest absolute Gasteiger partial charge is 0.497 e. The third-order valence-electron chi connectivity index (χ3n) is 4.62. The first kappa shape index (κ1) is 19.9. The number of ether oxygens (including phenoxy) is 1. The van der Waals surface area contributed by atoms with Gasteiger partial charge in [0.2, 0.25) is 0 Å². The monoisotopic (exact) mass is 449 g/mol. The molecule has 2 aromatic carbocycles. The molecule has 1 atom stereocenters. The van der Waals surface area contributed by atoms with Crippen LogP contribution in [0.5, 0.6) is 5.75 Å². The van der Waals surface area contributed by atoms with Crippen LogP contribution in [-0.2, 0) is 11.0 Å². The maximum Gasteiger partial charge on any atom is 0.283 e. The van der Waals surface area contributed by atoms with Crippen LogP contribution in [0.25, 0.3) is 5.69 Å². The van der Waals surface area contributed by atoms with Crippen LogP contribution < -0.4 is 9.46 Å². The molecule has 1 saturated carbocycles. The summed E-state index contributed by atoms with van der Waals surface area (Å²) in [5.74, 6) is 0.173. The predicted molar refractivity (Wildman–Crippen MR) is 112 cm³/mol. The van der Waals surface area contributed by atoms with Crippen LogP contribution in [0.15, 0.2) is 53.7 Å². The van der Waals surface area contributed by atoms with Gasteiger partial charge < -0.3 is 9.30 Å². The molecule has 1 heterocycles. The number of hydrogen-bond donors (Lipinski definition) is 1. The first-order chi connectivity index (χ1) is 14.0. The summed E-state index contributed by atoms with van der Waals surface area (Å²) in [6.07, 6.45) is 3.49. The molecule has 1 fully saturated rings. The number of aromatic nitrogens is 2. The quantitative estimate of drug-likeness (QED) is 0.600. The van der Waals surface area contributed by atoms with Gasteiger partial charge in [-0.25, -0.2) is 9.19 Å². The lowest BCUT2D eigenvalue weighted by molar-refractivity contribution is 0.0977. The van der Waals surface area contributed by atoms with Crippen molar-refractivity contribution in [3.63, 3.8) is 0 Å². The molecule has 6 nitrogen and oxygen atoms in total. The van der Waals surface area contributed by atoms with Crippen molar-refractivity contribution in [1.29, 1.82) is 0 Å². The van der Waals surface area contributed by atoms with Crippen molar-refractivity contribution < 1.29 is 13.7 Å². The molecule has 0 saturated heterocycles. The topological polar surface area (TPSA) is 73.2 Å². The maximum atomic E-state index is 12.9. The number of carbonyl (C=O) groups is 1. The smallest absolute Gasteiger partial charge is 0.283 e. The van der Waals surface area contributed by atoms with Gasteiger partial charge in [-0.15, -0.1) is 0 Å². The van der Waals surface area contributed by atoms with Crippen LogP contribution in [-0.4, -0.2) is 26.8 Å². The van der Waals surface area contributed by atoms with E-state index in [4.69, 9.17) is 27.9 Å². The molecule has 1 aliphatic rings. The normalized spacial score (nSPS) is 14.4. The number of para-hydroxylation sites is 1. The summed E-state index contributed by atoms with van der Waals surface area (Å²) in [6, 6.07) is 12.1. The first-order valence-electron chi connectivity index (χ1n) is 8.88. The van der Waals surface area contributed by atoms with Crippen molar-refractivity contribution in [3.8, 4) is 11.4 Å². The average Bonchev–Trinajstić information content (AvgIpc) is 3.46. The van der Waals surface area contributed by atoms with E-state index in [-0.39, 0.29) is 21.5 Å². The zero-order valence-electron chi connectivity index (χ0n) is 15.4. The molecule has 4 rings (SSSR count). The maximum absolute atomic E-state index is 12.9. The van der Waals surface area contributed by atoms with Crippen molar-refractivity contribution >= 4 is 40.1 Å². The van der Waals surface area contributed by atoms with E-state index in [1.807, 2.05) is 22.8 Å². The molecule has 1 N–H and O–H groups in total. The summed E-state index contributed by atoms with van der Waals surface area (Å²) in [4.78, 5) is 17.4. The number of nitrogens with one attached hydrogen (secondary N) is 1. The molecule has 1 unspecified atom stereocenters. The number of hydrogen-bond acceptors (Lipinski definition) is 4. The number of nitrogens with zero attached hydrogens (tertiary/aromatic N) is 2. The Bertz CT molecular complexity index is 1110. The van der Waals surface area contributed by atoms with Gasteiger partial charge in [-0.1, -0.05) is 35.3 Å². The molecule has 9 heteroatoms. The summed E-state index contributed by atoms with van der Waals surface area (Å²) >= 11 is 12.5. The lowest BCUT2D eigenvalue weighted by atomic mass is 10.2. The molecule has 0 bridgehead atoms. The van der Waals surface area contributed by atoms with Crippen LogP contribution in [0.4, 0.5) is 0 Å². The molecule has 3 aromatic rings. The van der Waals surface area contributed by atoms with E-state index in [2.05, 4.69) is 9.71 Å². The second kappa shape index (κ2) is 8.18. The number of rotatable bonds is 6. The highest BCUT2D eigenvalue weighted by molar-refractivity contribution is 7.83. The molecule has 150 valence electrons. The van der Waals surface area contributed by atoms with Crippen LogP contribution in [0.3, 0.4) is 0 Å². The van der Waals surface area contributed by atoms with Crippen molar-refractivity contribution in [1.82, 2.24) is 14.3 Å². The van der Waals surface area contributed by atoms with Crippen LogP contribution in [0.2, 0.25) is 10.0 Å². The van der Waals surface area contributed by atoms with E-state index < -0.39 is 16.9 Å². The van der Waals surface area contributed by atoms with Crippen molar-refractivity contribution in [2.45, 2.75) is 23.7 Å². The number of methoxy groups -OCH3 is 1. The summed E-state index contributed by atoms with van der Waals surface area (Å²) < 4.78 is 22.2. The zero-order chi connectivity index (χ0) is 20.5. The number of halogens is 2. The van der Waals surface area contributed by atoms with Gasteiger partial charge in [-0.2, -0.15) is 0 Å². The fourth-order valence-electron chi connectivity index (χ4n) is 3.06. The summed E-state index contributed by atoms with van der Waals surface area (Å²) in [6.45, 7) is 0. The van der Waals surface area contributed by atoms with Crippen LogP contribution in [0.1, 0.15) is 34.9 Å². The Labute approximate surface area is 180 Å². The van der Waals surface area contributed by atoms with Gasteiger partial charge in [0.25, 0.3) is 5.91 Å². The Balaban J connectivity index is 1.65. The van der Waals surface area contributed by atoms with Gasteiger partial charge >= 0.3 is 0 Å². The molecular weight excluding hydrogens is 433 g/mol. The van der Waals surface area contributed by atoms with Gasteiger partial charge in [0, 0.05) is 5.92 Å². The Kier molecular flexibility index (Phi) is 5.63. The molecule has 0 aliphatic heterocycles. The van der Waals surface area contributed by atoms with E-state index in [0.717, 1.165) is 24.2 Å². The summed E-state index contributed by atoms with van der Waals surface area (Å²) in [7, 11) is -0.367. The molecular formula is C20H17Cl2N3O3S. The second-order valence-corrected chi connectivity index (χ2v) is 8.57. The van der Waals surface area contributed by atoms with E-state index >= 15 is 0 Å². The number of imidazole rings is 1. The highest BCUT2D eigenvalue weighted by Crippen LogP contribution is 2.43. The van der Waals surface area contributed by atoms with E-state index in [9.17, 15) is 9.00 Å². The van der Waals surface area contributed by atoms with Crippen molar-refractivity contribution in [2.75, 3.05) is 7.11 Å². The second-order valence-electron chi connectivity index (χ2n) is 6.57. The standard InChI is InChI=1S/C20H17Cl2N3O3S/c1-28-13-8-9-15(22)17(10-13)29(27)24-20(26)18-19(12-6-7-12)25(11-23-18)16-5-3-2-4-14(16)21/h2-5,8-12H,6-7H2,1H3,(H,24,26). The fraction of sp³-hybridized carbons (Fsp3) is 0.200. The lowest BCUT2D eigenvalue weighted by Crippen LogP contribution is -2.27. The van der Waals surface area contributed by atoms with Crippen LogP contribution >= 0.6 is 23.2 Å². The van der Waals surface area contributed by atoms with Gasteiger partial charge in [0.15, 0.2) is 16.7 Å². The van der Waals surface area contributed by atoms with Crippen molar-refractivity contribution in [2.24, 2.45) is 0 Å². The minimum absolute atomic E-state index is 0.211. The number of amides is 1. The van der Waals surface area contributed by atoms with Crippen molar-refractivity contribution in [3.05, 3.63) is 70.2 Å². The Hall–Kier alpha value is -2.35. The van der Waals surface area contributed by atoms with Gasteiger partial charge in [0.1, 0.15) is 12.1 Å². The fourth-order valence-corrected chi connectivity index (χ4v) is 4.46.